The van der Waals surface area contributed by atoms with Gasteiger partial charge >= 0.3 is 0 Å². The number of rotatable bonds is 14. The van der Waals surface area contributed by atoms with E-state index in [1.807, 2.05) is 10.6 Å². The van der Waals surface area contributed by atoms with Crippen molar-refractivity contribution in [3.8, 4) is 0 Å². The van der Waals surface area contributed by atoms with Crippen LogP contribution in [0.3, 0.4) is 0 Å². The van der Waals surface area contributed by atoms with E-state index >= 15 is 0 Å². The highest BCUT2D eigenvalue weighted by molar-refractivity contribution is 5.29. The summed E-state index contributed by atoms with van der Waals surface area (Å²) in [5.41, 5.74) is 0.982. The first-order chi connectivity index (χ1) is 12.3. The fourth-order valence-corrected chi connectivity index (χ4v) is 3.39. The van der Waals surface area contributed by atoms with E-state index in [0.717, 1.165) is 12.1 Å². The summed E-state index contributed by atoms with van der Waals surface area (Å²) in [5.74, 6) is 0.650. The van der Waals surface area contributed by atoms with Gasteiger partial charge in [0, 0.05) is 18.5 Å². The first-order valence-electron chi connectivity index (χ1n) is 10.4. The summed E-state index contributed by atoms with van der Waals surface area (Å²) in [6.45, 7) is 2.28. The lowest BCUT2D eigenvalue weighted by molar-refractivity contribution is 0.539. The molecule has 4 nitrogen and oxygen atoms in total. The fraction of sp³-hybridized carbons (Fsp3) is 0.714. The zero-order valence-corrected chi connectivity index (χ0v) is 15.9. The summed E-state index contributed by atoms with van der Waals surface area (Å²) in [6.07, 6.45) is 22.7. The number of H-pyrrole nitrogens is 1. The Kier molecular flexibility index (Phi) is 9.38. The molecule has 0 unspecified atom stereocenters. The third kappa shape index (κ3) is 7.89. The van der Waals surface area contributed by atoms with Gasteiger partial charge in [-0.2, -0.15) is 0 Å². The van der Waals surface area contributed by atoms with E-state index in [0.29, 0.717) is 5.78 Å². The summed E-state index contributed by atoms with van der Waals surface area (Å²) < 4.78 is 1.89. The van der Waals surface area contributed by atoms with Crippen molar-refractivity contribution in [3.05, 3.63) is 34.5 Å². The highest BCUT2D eigenvalue weighted by Crippen LogP contribution is 2.13. The van der Waals surface area contributed by atoms with Crippen LogP contribution in [0.2, 0.25) is 0 Å². The quantitative estimate of drug-likeness (QED) is 0.449. The van der Waals surface area contributed by atoms with E-state index in [-0.39, 0.29) is 5.56 Å². The van der Waals surface area contributed by atoms with Gasteiger partial charge in [-0.1, -0.05) is 84.0 Å². The number of aromatic nitrogens is 3. The minimum absolute atomic E-state index is 0.0920. The highest BCUT2D eigenvalue weighted by Gasteiger charge is 2.02. The number of nitrogens with one attached hydrogen (secondary N) is 1. The minimum Gasteiger partial charge on any atom is -0.292 e. The molecule has 1 N–H and O–H groups in total. The zero-order chi connectivity index (χ0) is 17.7. The molecule has 0 radical (unpaired) electrons. The molecule has 0 fully saturated rings. The van der Waals surface area contributed by atoms with Crippen molar-refractivity contribution in [1.82, 2.24) is 14.4 Å². The fourth-order valence-electron chi connectivity index (χ4n) is 3.39. The SMILES string of the molecule is CCCCCCCCCCCCCCCc1cn2ccc(=O)[nH]c2n1. The number of nitrogens with zero attached hydrogens (tertiary/aromatic N) is 2. The van der Waals surface area contributed by atoms with Crippen LogP contribution in [-0.2, 0) is 6.42 Å². The molecule has 0 bridgehead atoms. The lowest BCUT2D eigenvalue weighted by Crippen LogP contribution is -2.05. The second-order valence-electron chi connectivity index (χ2n) is 7.26. The van der Waals surface area contributed by atoms with Crippen LogP contribution in [0.1, 0.15) is 96.1 Å². The summed E-state index contributed by atoms with van der Waals surface area (Å²) in [4.78, 5) is 18.5. The van der Waals surface area contributed by atoms with E-state index < -0.39 is 0 Å². The number of hydrogen-bond acceptors (Lipinski definition) is 2. The van der Waals surface area contributed by atoms with E-state index in [2.05, 4.69) is 16.9 Å². The standard InChI is InChI=1S/C21H35N3O/c1-2-3-4-5-6-7-8-9-10-11-12-13-14-15-19-18-24-17-16-20(25)23-21(24)22-19/h16-18H,2-15H2,1H3,(H,22,23,25). The zero-order valence-electron chi connectivity index (χ0n) is 15.9. The Morgan fingerprint density at radius 1 is 0.880 bits per heavy atom. The van der Waals surface area contributed by atoms with Gasteiger partial charge in [-0.25, -0.2) is 4.98 Å². The second kappa shape index (κ2) is 11.9. The van der Waals surface area contributed by atoms with Crippen molar-refractivity contribution < 1.29 is 0 Å². The van der Waals surface area contributed by atoms with Crippen LogP contribution in [0.15, 0.2) is 23.3 Å². The number of unbranched alkanes of at least 4 members (excludes halogenated alkanes) is 12. The molecule has 2 rings (SSSR count). The number of aryl methyl sites for hydroxylation is 1. The van der Waals surface area contributed by atoms with Gasteiger partial charge in [-0.15, -0.1) is 0 Å². The summed E-state index contributed by atoms with van der Waals surface area (Å²) in [7, 11) is 0. The predicted molar refractivity (Wildman–Crippen MR) is 105 cm³/mol. The Morgan fingerprint density at radius 2 is 1.44 bits per heavy atom. The Labute approximate surface area is 152 Å². The first-order valence-corrected chi connectivity index (χ1v) is 10.4. The molecule has 2 heterocycles. The molecule has 0 aromatic carbocycles. The molecule has 2 aromatic rings. The van der Waals surface area contributed by atoms with Crippen molar-refractivity contribution in [2.45, 2.75) is 96.8 Å². The van der Waals surface area contributed by atoms with Crippen molar-refractivity contribution in [1.29, 1.82) is 0 Å². The molecule has 0 aliphatic rings. The first kappa shape index (κ1) is 19.7. The summed E-state index contributed by atoms with van der Waals surface area (Å²) >= 11 is 0. The normalized spacial score (nSPS) is 11.4. The maximum atomic E-state index is 11.3. The van der Waals surface area contributed by atoms with Gasteiger partial charge in [0.1, 0.15) is 0 Å². The Hall–Kier alpha value is -1.58. The molecule has 2 aromatic heterocycles. The molecule has 0 aliphatic heterocycles. The maximum Gasteiger partial charge on any atom is 0.252 e. The van der Waals surface area contributed by atoms with Crippen molar-refractivity contribution >= 4 is 5.78 Å². The van der Waals surface area contributed by atoms with Gasteiger partial charge in [0.05, 0.1) is 5.69 Å². The molecular weight excluding hydrogens is 310 g/mol. The third-order valence-electron chi connectivity index (χ3n) is 4.94. The van der Waals surface area contributed by atoms with Crippen molar-refractivity contribution in [2.24, 2.45) is 0 Å². The molecule has 25 heavy (non-hydrogen) atoms. The number of imidazole rings is 1. The van der Waals surface area contributed by atoms with Crippen LogP contribution in [-0.4, -0.2) is 14.4 Å². The molecule has 0 spiro atoms. The molecule has 0 aliphatic carbocycles. The van der Waals surface area contributed by atoms with Gasteiger partial charge in [-0.05, 0) is 12.8 Å². The van der Waals surface area contributed by atoms with E-state index in [9.17, 15) is 4.79 Å². The smallest absolute Gasteiger partial charge is 0.252 e. The van der Waals surface area contributed by atoms with Crippen molar-refractivity contribution in [3.63, 3.8) is 0 Å². The molecule has 0 saturated carbocycles. The molecule has 0 saturated heterocycles. The van der Waals surface area contributed by atoms with E-state index in [4.69, 9.17) is 0 Å². The van der Waals surface area contributed by atoms with Crippen LogP contribution >= 0.6 is 0 Å². The molecule has 0 atom stereocenters. The van der Waals surface area contributed by atoms with Gasteiger partial charge in [-0.3, -0.25) is 14.2 Å². The topological polar surface area (TPSA) is 50.2 Å². The minimum atomic E-state index is -0.0920. The summed E-state index contributed by atoms with van der Waals surface area (Å²) in [6, 6.07) is 1.53. The Morgan fingerprint density at radius 3 is 2.04 bits per heavy atom. The average molecular weight is 346 g/mol. The van der Waals surface area contributed by atoms with Crippen molar-refractivity contribution in [2.75, 3.05) is 0 Å². The molecule has 140 valence electrons. The lowest BCUT2D eigenvalue weighted by atomic mass is 10.0. The summed E-state index contributed by atoms with van der Waals surface area (Å²) in [5, 5.41) is 0. The van der Waals surface area contributed by atoms with Crippen LogP contribution in [0.5, 0.6) is 0 Å². The molecule has 0 amide bonds. The van der Waals surface area contributed by atoms with Crippen LogP contribution in [0, 0.1) is 0 Å². The largest absolute Gasteiger partial charge is 0.292 e. The van der Waals surface area contributed by atoms with Gasteiger partial charge in [0.2, 0.25) is 5.78 Å². The third-order valence-corrected chi connectivity index (χ3v) is 4.94. The predicted octanol–water partition coefficient (Wildman–Crippen LogP) is 5.66. The monoisotopic (exact) mass is 345 g/mol. The number of aromatic amines is 1. The molecular formula is C21H35N3O. The average Bonchev–Trinajstić information content (AvgIpc) is 3.01. The number of fused-ring (bicyclic) bond motifs is 1. The maximum absolute atomic E-state index is 11.3. The van der Waals surface area contributed by atoms with Crippen LogP contribution in [0.25, 0.3) is 5.78 Å². The van der Waals surface area contributed by atoms with Gasteiger partial charge in [0.25, 0.3) is 5.56 Å². The Bertz CT molecular complexity index is 644. The van der Waals surface area contributed by atoms with E-state index in [1.165, 1.54) is 89.5 Å². The second-order valence-corrected chi connectivity index (χ2v) is 7.26. The van der Waals surface area contributed by atoms with Crippen LogP contribution < -0.4 is 5.56 Å². The van der Waals surface area contributed by atoms with Crippen LogP contribution in [0.4, 0.5) is 0 Å². The molecule has 4 heteroatoms. The van der Waals surface area contributed by atoms with Gasteiger partial charge in [0.15, 0.2) is 0 Å². The Balaban J connectivity index is 1.43. The lowest BCUT2D eigenvalue weighted by Gasteiger charge is -2.02. The van der Waals surface area contributed by atoms with Gasteiger partial charge < -0.3 is 0 Å². The van der Waals surface area contributed by atoms with E-state index in [1.54, 1.807) is 6.20 Å². The number of hydrogen-bond donors (Lipinski definition) is 1. The highest BCUT2D eigenvalue weighted by atomic mass is 16.1.